The fraction of sp³-hybridized carbons (Fsp3) is 0.167. The van der Waals surface area contributed by atoms with Crippen LogP contribution in [-0.2, 0) is 15.8 Å². The van der Waals surface area contributed by atoms with Gasteiger partial charge in [0.15, 0.2) is 5.78 Å². The smallest absolute Gasteiger partial charge is 0.289 e. The van der Waals surface area contributed by atoms with Crippen LogP contribution in [0.1, 0.15) is 17.5 Å². The number of Topliss-reactive ketones (excluding diaryl/α,β-unsaturated/α-hetero) is 1. The van der Waals surface area contributed by atoms with E-state index >= 15 is 0 Å². The monoisotopic (exact) mass is 333 g/mol. The maximum absolute atomic E-state index is 12.5. The van der Waals surface area contributed by atoms with E-state index in [4.69, 9.17) is 0 Å². The zero-order valence-electron chi connectivity index (χ0n) is 12.8. The molecule has 24 heavy (non-hydrogen) atoms. The van der Waals surface area contributed by atoms with Crippen molar-refractivity contribution in [2.24, 2.45) is 4.99 Å². The molecule has 1 aromatic rings. The molecule has 1 aliphatic carbocycles. The summed E-state index contributed by atoms with van der Waals surface area (Å²) in [7, 11) is 1.48. The molecule has 6 heteroatoms. The van der Waals surface area contributed by atoms with Crippen molar-refractivity contribution in [2.75, 3.05) is 7.05 Å². The lowest BCUT2D eigenvalue weighted by atomic mass is 10.0. The molecule has 0 aromatic heterocycles. The molecular weight excluding hydrogens is 319 g/mol. The molecule has 0 atom stereocenters. The van der Waals surface area contributed by atoms with E-state index in [9.17, 15) is 22.8 Å². The Labute approximate surface area is 136 Å². The second kappa shape index (κ2) is 7.21. The van der Waals surface area contributed by atoms with E-state index in [1.807, 2.05) is 0 Å². The third kappa shape index (κ3) is 4.16. The van der Waals surface area contributed by atoms with Crippen molar-refractivity contribution >= 4 is 23.4 Å². The fourth-order valence-electron chi connectivity index (χ4n) is 2.10. The van der Waals surface area contributed by atoms with Gasteiger partial charge in [-0.2, -0.15) is 13.2 Å². The van der Waals surface area contributed by atoms with Gasteiger partial charge in [0, 0.05) is 13.5 Å². The van der Waals surface area contributed by atoms with Gasteiger partial charge in [0.2, 0.25) is 5.78 Å². The van der Waals surface area contributed by atoms with Gasteiger partial charge in [-0.15, -0.1) is 0 Å². The van der Waals surface area contributed by atoms with Crippen molar-refractivity contribution in [1.82, 2.24) is 0 Å². The molecular formula is C18H14F3NO2. The Kier molecular flexibility index (Phi) is 5.28. The van der Waals surface area contributed by atoms with Gasteiger partial charge in [0.25, 0.3) is 0 Å². The predicted octanol–water partition coefficient (Wildman–Crippen LogP) is 3.81. The van der Waals surface area contributed by atoms with E-state index in [0.717, 1.165) is 12.1 Å². The molecule has 0 spiro atoms. The second-order valence-electron chi connectivity index (χ2n) is 5.03. The van der Waals surface area contributed by atoms with Crippen LogP contribution in [0.5, 0.6) is 0 Å². The molecule has 124 valence electrons. The first-order valence-corrected chi connectivity index (χ1v) is 7.10. The number of hydrogen-bond acceptors (Lipinski definition) is 3. The number of rotatable bonds is 3. The Hall–Kier alpha value is -2.76. The summed E-state index contributed by atoms with van der Waals surface area (Å²) in [5.41, 5.74) is -0.0710. The lowest BCUT2D eigenvalue weighted by Gasteiger charge is -2.06. The summed E-state index contributed by atoms with van der Waals surface area (Å²) in [6, 6.07) is 4.39. The highest BCUT2D eigenvalue weighted by Crippen LogP contribution is 2.29. The van der Waals surface area contributed by atoms with Crippen LogP contribution < -0.4 is 0 Å². The maximum Gasteiger partial charge on any atom is 0.416 e. The highest BCUT2D eigenvalue weighted by atomic mass is 19.4. The minimum absolute atomic E-state index is 0.0208. The average Bonchev–Trinajstić information content (AvgIpc) is 2.73. The van der Waals surface area contributed by atoms with Gasteiger partial charge in [0.05, 0.1) is 16.8 Å². The first-order chi connectivity index (χ1) is 11.3. The van der Waals surface area contributed by atoms with E-state index in [1.54, 1.807) is 12.2 Å². The third-order valence-corrected chi connectivity index (χ3v) is 3.42. The van der Waals surface area contributed by atoms with Crippen LogP contribution in [0.4, 0.5) is 13.2 Å². The molecule has 1 aliphatic rings. The van der Waals surface area contributed by atoms with Gasteiger partial charge in [0.1, 0.15) is 0 Å². The summed E-state index contributed by atoms with van der Waals surface area (Å²) < 4.78 is 37.5. The summed E-state index contributed by atoms with van der Waals surface area (Å²) in [5.74, 6) is -0.961. The number of alkyl halides is 3. The number of nitrogens with zero attached hydrogens (tertiary/aromatic N) is 1. The van der Waals surface area contributed by atoms with Gasteiger partial charge in [-0.1, -0.05) is 30.4 Å². The molecule has 0 aliphatic heterocycles. The summed E-state index contributed by atoms with van der Waals surface area (Å²) >= 11 is 0. The van der Waals surface area contributed by atoms with Crippen LogP contribution in [-0.4, -0.2) is 24.3 Å². The average molecular weight is 333 g/mol. The number of halogens is 3. The lowest BCUT2D eigenvalue weighted by molar-refractivity contribution is -0.137. The molecule has 0 fully saturated rings. The van der Waals surface area contributed by atoms with Gasteiger partial charge in [-0.05, 0) is 29.8 Å². The Morgan fingerprint density at radius 3 is 2.46 bits per heavy atom. The molecule has 1 aromatic carbocycles. The molecule has 2 rings (SSSR count). The van der Waals surface area contributed by atoms with Crippen LogP contribution in [0.25, 0.3) is 6.08 Å². The molecule has 0 amide bonds. The molecule has 0 saturated heterocycles. The summed E-state index contributed by atoms with van der Waals surface area (Å²) in [4.78, 5) is 28.2. The third-order valence-electron chi connectivity index (χ3n) is 3.42. The van der Waals surface area contributed by atoms with E-state index in [2.05, 4.69) is 4.99 Å². The zero-order valence-corrected chi connectivity index (χ0v) is 12.8. The number of carbonyl (C=O) groups excluding carboxylic acids is 2. The molecule has 0 unspecified atom stereocenters. The first-order valence-electron chi connectivity index (χ1n) is 7.10. The number of hydrogen-bond donors (Lipinski definition) is 0. The summed E-state index contributed by atoms with van der Waals surface area (Å²) in [6.07, 6.45) is 3.23. The van der Waals surface area contributed by atoms with E-state index in [-0.39, 0.29) is 11.3 Å². The highest BCUT2D eigenvalue weighted by molar-refractivity contribution is 6.52. The van der Waals surface area contributed by atoms with Crippen LogP contribution in [0.2, 0.25) is 0 Å². The summed E-state index contributed by atoms with van der Waals surface area (Å²) in [6.45, 7) is 0. The van der Waals surface area contributed by atoms with Crippen molar-refractivity contribution in [1.29, 1.82) is 0 Å². The SMILES string of the molecule is CN=C1CC=CC=C(C(=O)/C=C/c2ccc(C(F)(F)F)cc2)C1=O. The molecule has 0 heterocycles. The molecule has 0 N–H and O–H groups in total. The number of allylic oxidation sites excluding steroid dienone is 5. The van der Waals surface area contributed by atoms with E-state index < -0.39 is 23.3 Å². The summed E-state index contributed by atoms with van der Waals surface area (Å²) in [5, 5.41) is 0. The van der Waals surface area contributed by atoms with Gasteiger partial charge < -0.3 is 0 Å². The normalized spacial score (nSPS) is 17.2. The van der Waals surface area contributed by atoms with Crippen molar-refractivity contribution in [3.05, 3.63) is 65.3 Å². The fourth-order valence-corrected chi connectivity index (χ4v) is 2.10. The van der Waals surface area contributed by atoms with Crippen LogP contribution in [0.3, 0.4) is 0 Å². The first kappa shape index (κ1) is 17.6. The molecule has 0 saturated carbocycles. The van der Waals surface area contributed by atoms with E-state index in [1.165, 1.54) is 37.4 Å². The van der Waals surface area contributed by atoms with Crippen LogP contribution >= 0.6 is 0 Å². The number of benzene rings is 1. The Morgan fingerprint density at radius 2 is 1.88 bits per heavy atom. The Bertz CT molecular complexity index is 766. The topological polar surface area (TPSA) is 46.5 Å². The van der Waals surface area contributed by atoms with Crippen LogP contribution in [0, 0.1) is 0 Å². The Balaban J connectivity index is 2.17. The molecule has 3 nitrogen and oxygen atoms in total. The second-order valence-corrected chi connectivity index (χ2v) is 5.03. The van der Waals surface area contributed by atoms with Crippen molar-refractivity contribution < 1.29 is 22.8 Å². The quantitative estimate of drug-likeness (QED) is 0.624. The van der Waals surface area contributed by atoms with Gasteiger partial charge in [-0.3, -0.25) is 14.6 Å². The van der Waals surface area contributed by atoms with Crippen molar-refractivity contribution in [3.63, 3.8) is 0 Å². The number of carbonyl (C=O) groups is 2. The predicted molar refractivity (Wildman–Crippen MR) is 85.7 cm³/mol. The van der Waals surface area contributed by atoms with E-state index in [0.29, 0.717) is 12.0 Å². The standard InChI is InChI=1S/C18H14F3NO2/c1-22-15-5-3-2-4-14(17(15)24)16(23)11-8-12-6-9-13(10-7-12)18(19,20)21/h2-4,6-11H,5H2,1H3/b11-8+,22-15?. The van der Waals surface area contributed by atoms with Crippen molar-refractivity contribution in [2.45, 2.75) is 12.6 Å². The molecule has 0 radical (unpaired) electrons. The van der Waals surface area contributed by atoms with Crippen LogP contribution in [0.15, 0.2) is 59.1 Å². The Morgan fingerprint density at radius 1 is 1.21 bits per heavy atom. The van der Waals surface area contributed by atoms with Gasteiger partial charge in [-0.25, -0.2) is 0 Å². The molecule has 0 bridgehead atoms. The zero-order chi connectivity index (χ0) is 17.7. The highest BCUT2D eigenvalue weighted by Gasteiger charge is 2.29. The van der Waals surface area contributed by atoms with Crippen molar-refractivity contribution in [3.8, 4) is 0 Å². The largest absolute Gasteiger partial charge is 0.416 e. The lowest BCUT2D eigenvalue weighted by Crippen LogP contribution is -2.19. The minimum atomic E-state index is -4.40. The number of ketones is 2. The van der Waals surface area contributed by atoms with Gasteiger partial charge >= 0.3 is 6.18 Å². The number of aliphatic imine (C=N–C) groups is 1. The minimum Gasteiger partial charge on any atom is -0.289 e. The maximum atomic E-state index is 12.5.